The molecule has 1 amide bonds. The van der Waals surface area contributed by atoms with Crippen LogP contribution >= 0.6 is 0 Å². The van der Waals surface area contributed by atoms with Gasteiger partial charge in [-0.3, -0.25) is 4.79 Å². The molecule has 0 N–H and O–H groups in total. The summed E-state index contributed by atoms with van der Waals surface area (Å²) in [5.74, 6) is 1.69. The smallest absolute Gasteiger partial charge is 0.254 e. The van der Waals surface area contributed by atoms with Gasteiger partial charge in [0.1, 0.15) is 17.9 Å². The molecule has 134 valence electrons. The largest absolute Gasteiger partial charge is 0.497 e. The lowest BCUT2D eigenvalue weighted by atomic mass is 10.1. The van der Waals surface area contributed by atoms with Crippen molar-refractivity contribution in [3.05, 3.63) is 47.8 Å². The summed E-state index contributed by atoms with van der Waals surface area (Å²) in [6.45, 7) is 4.73. The third-order valence-corrected chi connectivity index (χ3v) is 4.70. The lowest BCUT2D eigenvalue weighted by Crippen LogP contribution is -2.49. The van der Waals surface area contributed by atoms with E-state index in [2.05, 4.69) is 20.2 Å². The summed E-state index contributed by atoms with van der Waals surface area (Å²) in [6, 6.07) is 9.39. The molecule has 0 bridgehead atoms. The maximum absolute atomic E-state index is 12.8. The Kier molecular flexibility index (Phi) is 4.16. The Bertz CT molecular complexity index is 946. The highest BCUT2D eigenvalue weighted by molar-refractivity contribution is 5.96. The van der Waals surface area contributed by atoms with Crippen LogP contribution in [0, 0.1) is 6.92 Å². The fourth-order valence-electron chi connectivity index (χ4n) is 3.20. The molecule has 3 heterocycles. The fraction of sp³-hybridized carbons (Fsp3) is 0.333. The van der Waals surface area contributed by atoms with Gasteiger partial charge < -0.3 is 14.5 Å². The van der Waals surface area contributed by atoms with E-state index in [0.717, 1.165) is 41.4 Å². The SMILES string of the molecule is COc1ccc(C(=O)N2CCN(c3ccc4nncn4n3)CC2)c(C)c1. The number of aromatic nitrogens is 4. The predicted molar refractivity (Wildman–Crippen MR) is 96.6 cm³/mol. The molecule has 2 aromatic heterocycles. The van der Waals surface area contributed by atoms with Crippen LogP contribution in [0.3, 0.4) is 0 Å². The number of carbonyl (C=O) groups is 1. The first-order chi connectivity index (χ1) is 12.7. The molecule has 0 radical (unpaired) electrons. The second-order valence-electron chi connectivity index (χ2n) is 6.29. The van der Waals surface area contributed by atoms with Crippen molar-refractivity contribution >= 4 is 17.4 Å². The maximum Gasteiger partial charge on any atom is 0.254 e. The molecule has 1 saturated heterocycles. The molecule has 0 atom stereocenters. The van der Waals surface area contributed by atoms with Crippen molar-refractivity contribution in [3.63, 3.8) is 0 Å². The Morgan fingerprint density at radius 2 is 1.92 bits per heavy atom. The van der Waals surface area contributed by atoms with Crippen molar-refractivity contribution in [3.8, 4) is 5.75 Å². The number of ether oxygens (including phenoxy) is 1. The summed E-state index contributed by atoms with van der Waals surface area (Å²) in [6.07, 6.45) is 1.59. The standard InChI is InChI=1S/C18H20N6O2/c1-13-11-14(26-2)3-4-15(13)18(25)23-9-7-22(8-10-23)17-6-5-16-20-19-12-24(16)21-17/h3-6,11-12H,7-10H2,1-2H3. The summed E-state index contributed by atoms with van der Waals surface area (Å²) in [5.41, 5.74) is 2.37. The van der Waals surface area contributed by atoms with Crippen molar-refractivity contribution < 1.29 is 9.53 Å². The number of anilines is 1. The van der Waals surface area contributed by atoms with E-state index in [1.54, 1.807) is 18.0 Å². The van der Waals surface area contributed by atoms with Gasteiger partial charge in [0.15, 0.2) is 5.65 Å². The molecule has 1 aliphatic rings. The average Bonchev–Trinajstić information content (AvgIpc) is 3.15. The number of methoxy groups -OCH3 is 1. The molecule has 0 aliphatic carbocycles. The van der Waals surface area contributed by atoms with Gasteiger partial charge in [-0.15, -0.1) is 15.3 Å². The number of amides is 1. The van der Waals surface area contributed by atoms with Gasteiger partial charge in [0.05, 0.1) is 7.11 Å². The Morgan fingerprint density at radius 3 is 2.65 bits per heavy atom. The number of hydrogen-bond acceptors (Lipinski definition) is 6. The third-order valence-electron chi connectivity index (χ3n) is 4.70. The van der Waals surface area contributed by atoms with Crippen LogP contribution in [0.4, 0.5) is 5.82 Å². The Hall–Kier alpha value is -3.16. The summed E-state index contributed by atoms with van der Waals surface area (Å²) < 4.78 is 6.87. The number of aryl methyl sites for hydroxylation is 1. The second-order valence-corrected chi connectivity index (χ2v) is 6.29. The quantitative estimate of drug-likeness (QED) is 0.709. The normalized spacial score (nSPS) is 14.7. The predicted octanol–water partition coefficient (Wildman–Crippen LogP) is 1.40. The molecule has 1 aliphatic heterocycles. The highest BCUT2D eigenvalue weighted by atomic mass is 16.5. The highest BCUT2D eigenvalue weighted by Crippen LogP contribution is 2.20. The maximum atomic E-state index is 12.8. The second kappa shape index (κ2) is 6.62. The summed E-state index contributed by atoms with van der Waals surface area (Å²) in [5, 5.41) is 12.3. The van der Waals surface area contributed by atoms with Gasteiger partial charge in [-0.1, -0.05) is 0 Å². The molecule has 4 rings (SSSR count). The minimum atomic E-state index is 0.0621. The van der Waals surface area contributed by atoms with Gasteiger partial charge in [-0.25, -0.2) is 0 Å². The zero-order valence-corrected chi connectivity index (χ0v) is 14.8. The number of benzene rings is 1. The van der Waals surface area contributed by atoms with Crippen LogP contribution in [0.1, 0.15) is 15.9 Å². The van der Waals surface area contributed by atoms with Crippen LogP contribution in [0.25, 0.3) is 5.65 Å². The van der Waals surface area contributed by atoms with Crippen molar-refractivity contribution in [2.45, 2.75) is 6.92 Å². The zero-order chi connectivity index (χ0) is 18.1. The molecule has 1 aromatic carbocycles. The molecule has 0 saturated carbocycles. The monoisotopic (exact) mass is 352 g/mol. The number of piperazine rings is 1. The van der Waals surface area contributed by atoms with Crippen LogP contribution < -0.4 is 9.64 Å². The van der Waals surface area contributed by atoms with Gasteiger partial charge in [0, 0.05) is 31.7 Å². The van der Waals surface area contributed by atoms with Crippen molar-refractivity contribution in [2.75, 3.05) is 38.2 Å². The molecule has 8 heteroatoms. The molecule has 8 nitrogen and oxygen atoms in total. The van der Waals surface area contributed by atoms with Gasteiger partial charge >= 0.3 is 0 Å². The van der Waals surface area contributed by atoms with Crippen LogP contribution in [0.2, 0.25) is 0 Å². The van der Waals surface area contributed by atoms with E-state index < -0.39 is 0 Å². The van der Waals surface area contributed by atoms with Gasteiger partial charge in [0.25, 0.3) is 5.91 Å². The van der Waals surface area contributed by atoms with E-state index in [1.165, 1.54) is 0 Å². The number of hydrogen-bond donors (Lipinski definition) is 0. The van der Waals surface area contributed by atoms with Gasteiger partial charge in [-0.05, 0) is 42.8 Å². The Labute approximate surface area is 151 Å². The lowest BCUT2D eigenvalue weighted by molar-refractivity contribution is 0.0745. The first kappa shape index (κ1) is 16.3. The number of carbonyl (C=O) groups excluding carboxylic acids is 1. The molecule has 0 spiro atoms. The van der Waals surface area contributed by atoms with E-state index in [1.807, 2.05) is 42.2 Å². The van der Waals surface area contributed by atoms with Crippen LogP contribution in [0.5, 0.6) is 5.75 Å². The van der Waals surface area contributed by atoms with Crippen LogP contribution in [-0.4, -0.2) is 63.9 Å². The van der Waals surface area contributed by atoms with Crippen molar-refractivity contribution in [1.82, 2.24) is 24.7 Å². The number of fused-ring (bicyclic) bond motifs is 1. The van der Waals surface area contributed by atoms with E-state index in [-0.39, 0.29) is 5.91 Å². The Morgan fingerprint density at radius 1 is 1.12 bits per heavy atom. The lowest BCUT2D eigenvalue weighted by Gasteiger charge is -2.35. The fourth-order valence-corrected chi connectivity index (χ4v) is 3.20. The first-order valence-corrected chi connectivity index (χ1v) is 8.51. The van der Waals surface area contributed by atoms with E-state index in [4.69, 9.17) is 4.74 Å². The van der Waals surface area contributed by atoms with Crippen molar-refractivity contribution in [2.24, 2.45) is 0 Å². The minimum Gasteiger partial charge on any atom is -0.497 e. The summed E-state index contributed by atoms with van der Waals surface area (Å²) in [4.78, 5) is 16.9. The molecule has 26 heavy (non-hydrogen) atoms. The molecule has 1 fully saturated rings. The van der Waals surface area contributed by atoms with Crippen LogP contribution in [-0.2, 0) is 0 Å². The minimum absolute atomic E-state index is 0.0621. The third kappa shape index (κ3) is 2.94. The molecule has 3 aromatic rings. The summed E-state index contributed by atoms with van der Waals surface area (Å²) in [7, 11) is 1.63. The van der Waals surface area contributed by atoms with E-state index >= 15 is 0 Å². The number of rotatable bonds is 3. The van der Waals surface area contributed by atoms with Gasteiger partial charge in [0.2, 0.25) is 0 Å². The van der Waals surface area contributed by atoms with Crippen LogP contribution in [0.15, 0.2) is 36.7 Å². The highest BCUT2D eigenvalue weighted by Gasteiger charge is 2.24. The van der Waals surface area contributed by atoms with E-state index in [0.29, 0.717) is 13.1 Å². The van der Waals surface area contributed by atoms with Gasteiger partial charge in [-0.2, -0.15) is 4.52 Å². The molecular formula is C18H20N6O2. The topological polar surface area (TPSA) is 75.9 Å². The first-order valence-electron chi connectivity index (χ1n) is 8.51. The zero-order valence-electron chi connectivity index (χ0n) is 14.8. The Balaban J connectivity index is 1.45. The molecular weight excluding hydrogens is 332 g/mol. The summed E-state index contributed by atoms with van der Waals surface area (Å²) >= 11 is 0. The molecule has 0 unspecified atom stereocenters. The van der Waals surface area contributed by atoms with Crippen molar-refractivity contribution in [1.29, 1.82) is 0 Å². The average molecular weight is 352 g/mol. The van der Waals surface area contributed by atoms with E-state index in [9.17, 15) is 4.79 Å². The number of nitrogens with zero attached hydrogens (tertiary/aromatic N) is 6.